The van der Waals surface area contributed by atoms with Gasteiger partial charge in [-0.3, -0.25) is 4.57 Å². The third-order valence-corrected chi connectivity index (χ3v) is 12.7. The molecule has 4 heterocycles. The number of hydrogen-bond donors (Lipinski definition) is 0. The molecule has 4 aromatic heterocycles. The summed E-state index contributed by atoms with van der Waals surface area (Å²) in [6, 6.07) is 51.3. The maximum absolute atomic E-state index is 7.07. The summed E-state index contributed by atoms with van der Waals surface area (Å²) in [6.45, 7) is 13.2. The highest BCUT2D eigenvalue weighted by atomic mass is 16.5. The molecule has 0 amide bonds. The van der Waals surface area contributed by atoms with Gasteiger partial charge in [0.25, 0.3) is 0 Å². The van der Waals surface area contributed by atoms with Crippen LogP contribution in [0.5, 0.6) is 46.3 Å². The summed E-state index contributed by atoms with van der Waals surface area (Å²) in [4.78, 5) is 18.5. The van der Waals surface area contributed by atoms with Gasteiger partial charge in [-0.1, -0.05) is 115 Å². The molecule has 9 nitrogen and oxygen atoms in total. The number of fused-ring (bicyclic) bond motifs is 3. The van der Waals surface area contributed by atoms with Gasteiger partial charge in [-0.2, -0.15) is 0 Å². The van der Waals surface area contributed by atoms with Gasteiger partial charge in [0.05, 0.1) is 11.0 Å². The van der Waals surface area contributed by atoms with Crippen molar-refractivity contribution in [3.8, 4) is 74.5 Å². The van der Waals surface area contributed by atoms with Crippen molar-refractivity contribution in [2.75, 3.05) is 0 Å². The average molecular weight is 936 g/mol. The fourth-order valence-corrected chi connectivity index (χ4v) is 9.32. The maximum atomic E-state index is 7.07. The van der Waals surface area contributed by atoms with E-state index in [4.69, 9.17) is 28.9 Å². The zero-order valence-electron chi connectivity index (χ0n) is 41.1. The first kappa shape index (κ1) is 46.4. The molecule has 0 unspecified atom stereocenters. The number of hydrogen-bond acceptors (Lipinski definition) is 8. The Balaban J connectivity index is 1.10. The van der Waals surface area contributed by atoms with E-state index in [9.17, 15) is 0 Å². The highest BCUT2D eigenvalue weighted by molar-refractivity contribution is 6.09. The number of rotatable bonds is 17. The Bertz CT molecular complexity index is 3220. The third kappa shape index (κ3) is 10.1. The number of aromatic nitrogens is 5. The molecule has 6 aromatic carbocycles. The van der Waals surface area contributed by atoms with Crippen LogP contribution < -0.4 is 18.9 Å². The van der Waals surface area contributed by atoms with Gasteiger partial charge in [-0.15, -0.1) is 0 Å². The Morgan fingerprint density at radius 3 is 1.25 bits per heavy atom. The largest absolute Gasteiger partial charge is 0.456 e. The van der Waals surface area contributed by atoms with Gasteiger partial charge in [0.2, 0.25) is 17.7 Å². The minimum atomic E-state index is 0.155. The summed E-state index contributed by atoms with van der Waals surface area (Å²) >= 11 is 0. The monoisotopic (exact) mass is 935 g/mol. The van der Waals surface area contributed by atoms with E-state index in [2.05, 4.69) is 141 Å². The van der Waals surface area contributed by atoms with Crippen molar-refractivity contribution in [2.24, 2.45) is 0 Å². The summed E-state index contributed by atoms with van der Waals surface area (Å²) in [5.41, 5.74) is 10.7. The minimum absolute atomic E-state index is 0.155. The Labute approximate surface area is 415 Å². The van der Waals surface area contributed by atoms with Crippen molar-refractivity contribution in [3.05, 3.63) is 199 Å². The predicted octanol–water partition coefficient (Wildman–Crippen LogP) is 17.0. The number of aryl methyl sites for hydroxylation is 2. The zero-order valence-corrected chi connectivity index (χ0v) is 41.1. The second-order valence-electron chi connectivity index (χ2n) is 18.5. The average Bonchev–Trinajstić information content (AvgIpc) is 3.70. The minimum Gasteiger partial charge on any atom is -0.456 e. The first-order valence-corrected chi connectivity index (χ1v) is 24.7. The van der Waals surface area contributed by atoms with Crippen LogP contribution in [0.3, 0.4) is 0 Å². The maximum Gasteiger partial charge on any atom is 0.234 e. The molecule has 0 bridgehead atoms. The quantitative estimate of drug-likeness (QED) is 0.0891. The van der Waals surface area contributed by atoms with Crippen LogP contribution in [0.2, 0.25) is 0 Å². The van der Waals surface area contributed by atoms with Crippen molar-refractivity contribution < 1.29 is 18.9 Å². The van der Waals surface area contributed by atoms with E-state index in [0.717, 1.165) is 80.9 Å². The summed E-state index contributed by atoms with van der Waals surface area (Å²) < 4.78 is 29.0. The van der Waals surface area contributed by atoms with Gasteiger partial charge in [0, 0.05) is 83.1 Å². The molecule has 0 aliphatic carbocycles. The van der Waals surface area contributed by atoms with E-state index in [-0.39, 0.29) is 11.8 Å². The van der Waals surface area contributed by atoms with Crippen LogP contribution in [-0.2, 0) is 12.8 Å². The standard InChI is InChI=1S/C62H57N5O4/c1-7-14-42-18-22-44(23-19-42)60-52(40(3)4)34-48(70-58-16-9-11-30-63-58)38-56(60)68-46-26-28-50-51-29-27-47(37-55(51)67(54(50)36-46)62-65-32-13-33-66-62)69-57-39-49(71-59-17-10-12-31-64-59)35-53(41(5)6)61(57)45-24-20-43(15-8-2)21-25-45/h9-13,16-41H,7-8,14-15H2,1-6H3. The summed E-state index contributed by atoms with van der Waals surface area (Å²) in [7, 11) is 0. The van der Waals surface area contributed by atoms with E-state index in [1.165, 1.54) is 11.1 Å². The molecule has 71 heavy (non-hydrogen) atoms. The molecule has 0 saturated heterocycles. The van der Waals surface area contributed by atoms with Gasteiger partial charge in [0.15, 0.2) is 0 Å². The van der Waals surface area contributed by atoms with Crippen LogP contribution in [0.4, 0.5) is 0 Å². The molecule has 0 N–H and O–H groups in total. The zero-order chi connectivity index (χ0) is 48.8. The Kier molecular flexibility index (Phi) is 13.6. The number of benzene rings is 6. The molecule has 0 fully saturated rings. The molecule has 0 spiro atoms. The molecule has 0 atom stereocenters. The van der Waals surface area contributed by atoms with E-state index < -0.39 is 0 Å². The van der Waals surface area contributed by atoms with E-state index >= 15 is 0 Å². The fraction of sp³-hybridized carbons (Fsp3) is 0.194. The highest BCUT2D eigenvalue weighted by Gasteiger charge is 2.23. The molecule has 354 valence electrons. The summed E-state index contributed by atoms with van der Waals surface area (Å²) in [5.74, 6) is 5.74. The molecule has 10 rings (SSSR count). The molecule has 9 heteroatoms. The first-order valence-electron chi connectivity index (χ1n) is 24.7. The molecular formula is C62H57N5O4. The van der Waals surface area contributed by atoms with Crippen LogP contribution >= 0.6 is 0 Å². The third-order valence-electron chi connectivity index (χ3n) is 12.7. The summed E-state index contributed by atoms with van der Waals surface area (Å²) in [6.07, 6.45) is 11.2. The van der Waals surface area contributed by atoms with Gasteiger partial charge in [0.1, 0.15) is 34.5 Å². The Hall–Kier alpha value is -8.30. The van der Waals surface area contributed by atoms with E-state index in [1.807, 2.05) is 66.7 Å². The molecule has 0 saturated carbocycles. The van der Waals surface area contributed by atoms with Crippen molar-refractivity contribution in [3.63, 3.8) is 0 Å². The Morgan fingerprint density at radius 2 is 0.859 bits per heavy atom. The van der Waals surface area contributed by atoms with Crippen molar-refractivity contribution >= 4 is 21.8 Å². The number of pyridine rings is 2. The summed E-state index contributed by atoms with van der Waals surface area (Å²) in [5, 5.41) is 2.02. The van der Waals surface area contributed by atoms with Crippen molar-refractivity contribution in [1.29, 1.82) is 0 Å². The SMILES string of the molecule is CCCc1ccc(-c2c(Oc3ccc4c5ccc(Oc6cc(Oc7ccccn7)cc(C(C)C)c6-c6ccc(CCC)cc6)cc5n(-c5ncccn5)c4c3)cc(Oc3ccccn3)cc2C(C)C)cc1. The Morgan fingerprint density at radius 1 is 0.423 bits per heavy atom. The topological polar surface area (TPSA) is 93.4 Å². The van der Waals surface area contributed by atoms with Crippen LogP contribution in [0, 0.1) is 0 Å². The second-order valence-corrected chi connectivity index (χ2v) is 18.5. The fourth-order valence-electron chi connectivity index (χ4n) is 9.32. The van der Waals surface area contributed by atoms with Crippen molar-refractivity contribution in [2.45, 2.75) is 79.1 Å². The lowest BCUT2D eigenvalue weighted by atomic mass is 9.90. The van der Waals surface area contributed by atoms with Crippen molar-refractivity contribution in [1.82, 2.24) is 24.5 Å². The van der Waals surface area contributed by atoms with Gasteiger partial charge < -0.3 is 18.9 Å². The molecule has 0 aliphatic rings. The first-order chi connectivity index (χ1) is 34.7. The lowest BCUT2D eigenvalue weighted by Gasteiger charge is -2.20. The van der Waals surface area contributed by atoms with Crippen LogP contribution in [-0.4, -0.2) is 24.5 Å². The molecule has 0 radical (unpaired) electrons. The molecule has 0 aliphatic heterocycles. The van der Waals surface area contributed by atoms with Crippen LogP contribution in [0.1, 0.15) is 88.5 Å². The van der Waals surface area contributed by atoms with E-state index in [0.29, 0.717) is 52.2 Å². The van der Waals surface area contributed by atoms with E-state index in [1.54, 1.807) is 24.8 Å². The van der Waals surface area contributed by atoms with Gasteiger partial charge >= 0.3 is 0 Å². The number of ether oxygens (including phenoxy) is 4. The molecule has 10 aromatic rings. The van der Waals surface area contributed by atoms with Gasteiger partial charge in [-0.25, -0.2) is 19.9 Å². The smallest absolute Gasteiger partial charge is 0.234 e. The highest BCUT2D eigenvalue weighted by Crippen LogP contribution is 2.46. The van der Waals surface area contributed by atoms with Crippen LogP contribution in [0.15, 0.2) is 176 Å². The van der Waals surface area contributed by atoms with Gasteiger partial charge in [-0.05, 0) is 113 Å². The van der Waals surface area contributed by atoms with Crippen LogP contribution in [0.25, 0.3) is 50.0 Å². The number of nitrogens with zero attached hydrogens (tertiary/aromatic N) is 5. The normalized spacial score (nSPS) is 11.4. The molecular weight excluding hydrogens is 879 g/mol. The predicted molar refractivity (Wildman–Crippen MR) is 285 cm³/mol. The lowest BCUT2D eigenvalue weighted by molar-refractivity contribution is 0.448. The lowest BCUT2D eigenvalue weighted by Crippen LogP contribution is -2.01. The second kappa shape index (κ2) is 20.7.